The molecule has 0 aliphatic carbocycles. The fourth-order valence-electron chi connectivity index (χ4n) is 2.34. The van der Waals surface area contributed by atoms with Crippen LogP contribution in [-0.4, -0.2) is 45.4 Å². The van der Waals surface area contributed by atoms with Crippen molar-refractivity contribution in [2.75, 3.05) is 25.1 Å². The number of nitrogens with one attached hydrogen (secondary N) is 1. The first kappa shape index (κ1) is 16.4. The van der Waals surface area contributed by atoms with E-state index in [1.165, 1.54) is 17.7 Å². The van der Waals surface area contributed by atoms with Crippen LogP contribution in [0.5, 0.6) is 0 Å². The predicted molar refractivity (Wildman–Crippen MR) is 91.6 cm³/mol. The number of hydrogen-bond acceptors (Lipinski definition) is 7. The van der Waals surface area contributed by atoms with Gasteiger partial charge in [0.25, 0.3) is 0 Å². The second-order valence-corrected chi connectivity index (χ2v) is 6.12. The zero-order valence-corrected chi connectivity index (χ0v) is 14.0. The molecule has 0 radical (unpaired) electrons. The maximum absolute atomic E-state index is 11.9. The fraction of sp³-hybridized carbons (Fsp3) is 0.312. The summed E-state index contributed by atoms with van der Waals surface area (Å²) in [6, 6.07) is 9.81. The molecule has 2 aromatic heterocycles. The minimum absolute atomic E-state index is 0.0304. The van der Waals surface area contributed by atoms with Gasteiger partial charge in [0.2, 0.25) is 5.13 Å². The number of nitrogens with zero attached hydrogens (tertiary/aromatic N) is 3. The van der Waals surface area contributed by atoms with Gasteiger partial charge in [-0.25, -0.2) is 14.3 Å². The molecule has 126 valence electrons. The first-order valence-corrected chi connectivity index (χ1v) is 8.45. The molecule has 0 saturated carbocycles. The molecular weight excluding hydrogens is 328 g/mol. The first-order chi connectivity index (χ1) is 11.7. The Morgan fingerprint density at radius 1 is 1.42 bits per heavy atom. The van der Waals surface area contributed by atoms with Gasteiger partial charge < -0.3 is 15.2 Å². The highest BCUT2D eigenvalue weighted by Crippen LogP contribution is 2.24. The van der Waals surface area contributed by atoms with Gasteiger partial charge in [-0.1, -0.05) is 41.7 Å². The Hall–Kier alpha value is -2.45. The van der Waals surface area contributed by atoms with Gasteiger partial charge in [0.15, 0.2) is 10.5 Å². The van der Waals surface area contributed by atoms with Crippen LogP contribution in [0, 0.1) is 0 Å². The minimum Gasteiger partial charge on any atom is -0.461 e. The van der Waals surface area contributed by atoms with Crippen LogP contribution in [-0.2, 0) is 4.74 Å². The molecule has 0 fully saturated rings. The van der Waals surface area contributed by atoms with E-state index in [0.717, 1.165) is 5.56 Å². The van der Waals surface area contributed by atoms with Crippen LogP contribution in [0.25, 0.3) is 4.83 Å². The van der Waals surface area contributed by atoms with Crippen molar-refractivity contribution < 1.29 is 14.6 Å². The zero-order valence-electron chi connectivity index (χ0n) is 13.2. The number of anilines is 1. The standard InChI is InChI=1S/C16H18N4O3S/c1-2-23-15(22)13-14-20(10-18-13)19-16(24-14)17-8-12(9-21)11-6-4-3-5-7-11/h3-7,10,12,21H,2,8-9H2,1H3,(H,17,19). The topological polar surface area (TPSA) is 88.8 Å². The number of aliphatic hydroxyl groups excluding tert-OH is 1. The van der Waals surface area contributed by atoms with Gasteiger partial charge in [-0.15, -0.1) is 5.10 Å². The monoisotopic (exact) mass is 346 g/mol. The quantitative estimate of drug-likeness (QED) is 0.637. The molecule has 2 N–H and O–H groups in total. The summed E-state index contributed by atoms with van der Waals surface area (Å²) < 4.78 is 6.54. The maximum atomic E-state index is 11.9. The van der Waals surface area contributed by atoms with E-state index in [2.05, 4.69) is 15.4 Å². The second kappa shape index (κ2) is 7.41. The van der Waals surface area contributed by atoms with Crippen molar-refractivity contribution in [3.8, 4) is 0 Å². The van der Waals surface area contributed by atoms with Gasteiger partial charge in [-0.3, -0.25) is 0 Å². The lowest BCUT2D eigenvalue weighted by Gasteiger charge is -2.14. The van der Waals surface area contributed by atoms with Crippen LogP contribution in [0.2, 0.25) is 0 Å². The Bertz CT molecular complexity index is 815. The molecule has 0 aliphatic heterocycles. The minimum atomic E-state index is -0.451. The third kappa shape index (κ3) is 3.39. The Balaban J connectivity index is 1.72. The average Bonchev–Trinajstić information content (AvgIpc) is 3.16. The molecule has 24 heavy (non-hydrogen) atoms. The molecule has 1 aromatic carbocycles. The van der Waals surface area contributed by atoms with Crippen molar-refractivity contribution in [2.45, 2.75) is 12.8 Å². The Labute approximate surface area is 142 Å². The average molecular weight is 346 g/mol. The van der Waals surface area contributed by atoms with Crippen molar-refractivity contribution in [1.82, 2.24) is 14.6 Å². The number of carbonyl (C=O) groups excluding carboxylic acids is 1. The second-order valence-electron chi connectivity index (χ2n) is 5.14. The van der Waals surface area contributed by atoms with E-state index in [0.29, 0.717) is 23.1 Å². The van der Waals surface area contributed by atoms with Crippen LogP contribution in [0.4, 0.5) is 5.13 Å². The first-order valence-electron chi connectivity index (χ1n) is 7.64. The van der Waals surface area contributed by atoms with Gasteiger partial charge in [0, 0.05) is 12.5 Å². The van der Waals surface area contributed by atoms with Gasteiger partial charge in [0.1, 0.15) is 6.33 Å². The number of fused-ring (bicyclic) bond motifs is 1. The summed E-state index contributed by atoms with van der Waals surface area (Å²) in [5.74, 6) is -0.482. The van der Waals surface area contributed by atoms with Crippen molar-refractivity contribution in [3.63, 3.8) is 0 Å². The van der Waals surface area contributed by atoms with E-state index in [1.54, 1.807) is 11.4 Å². The van der Waals surface area contributed by atoms with Gasteiger partial charge >= 0.3 is 5.97 Å². The lowest BCUT2D eigenvalue weighted by Crippen LogP contribution is -2.16. The van der Waals surface area contributed by atoms with E-state index in [4.69, 9.17) is 4.74 Å². The number of esters is 1. The molecule has 1 unspecified atom stereocenters. The van der Waals surface area contributed by atoms with Crippen LogP contribution in [0.3, 0.4) is 0 Å². The molecular formula is C16H18N4O3S. The number of ether oxygens (including phenoxy) is 1. The van der Waals surface area contributed by atoms with Crippen LogP contribution in [0.15, 0.2) is 36.7 Å². The fourth-order valence-corrected chi connectivity index (χ4v) is 3.22. The summed E-state index contributed by atoms with van der Waals surface area (Å²) in [7, 11) is 0. The molecule has 0 aliphatic rings. The molecule has 3 rings (SSSR count). The number of rotatable bonds is 7. The Morgan fingerprint density at radius 2 is 2.21 bits per heavy atom. The summed E-state index contributed by atoms with van der Waals surface area (Å²) in [6.45, 7) is 2.64. The molecule has 0 amide bonds. The Kier molecular flexibility index (Phi) is 5.07. The highest BCUT2D eigenvalue weighted by Gasteiger charge is 2.18. The number of benzene rings is 1. The number of imidazole rings is 1. The van der Waals surface area contributed by atoms with Gasteiger partial charge in [0.05, 0.1) is 13.2 Å². The van der Waals surface area contributed by atoms with Gasteiger partial charge in [-0.2, -0.15) is 0 Å². The largest absolute Gasteiger partial charge is 0.461 e. The lowest BCUT2D eigenvalue weighted by molar-refractivity contribution is 0.0522. The van der Waals surface area contributed by atoms with Crippen molar-refractivity contribution in [3.05, 3.63) is 47.9 Å². The van der Waals surface area contributed by atoms with E-state index >= 15 is 0 Å². The molecule has 0 spiro atoms. The molecule has 0 saturated heterocycles. The molecule has 0 bridgehead atoms. The van der Waals surface area contributed by atoms with Crippen LogP contribution < -0.4 is 5.32 Å². The summed E-state index contributed by atoms with van der Waals surface area (Å²) in [5.41, 5.74) is 1.33. The molecule has 2 heterocycles. The van der Waals surface area contributed by atoms with Crippen LogP contribution >= 0.6 is 11.3 Å². The van der Waals surface area contributed by atoms with E-state index in [-0.39, 0.29) is 18.2 Å². The molecule has 1 atom stereocenters. The lowest BCUT2D eigenvalue weighted by atomic mass is 10.0. The third-order valence-corrected chi connectivity index (χ3v) is 4.55. The summed E-state index contributed by atoms with van der Waals surface area (Å²) in [5, 5.41) is 17.8. The maximum Gasteiger partial charge on any atom is 0.360 e. The normalized spacial score (nSPS) is 12.2. The highest BCUT2D eigenvalue weighted by molar-refractivity contribution is 7.21. The number of aliphatic hydroxyl groups is 1. The van der Waals surface area contributed by atoms with E-state index in [9.17, 15) is 9.90 Å². The molecule has 3 aromatic rings. The highest BCUT2D eigenvalue weighted by atomic mass is 32.1. The number of carbonyl (C=O) groups is 1. The number of hydrogen-bond donors (Lipinski definition) is 2. The third-order valence-electron chi connectivity index (χ3n) is 3.56. The van der Waals surface area contributed by atoms with Crippen molar-refractivity contribution in [2.24, 2.45) is 0 Å². The molecule has 8 heteroatoms. The van der Waals surface area contributed by atoms with Crippen molar-refractivity contribution >= 4 is 27.3 Å². The summed E-state index contributed by atoms with van der Waals surface area (Å²) >= 11 is 1.33. The Morgan fingerprint density at radius 3 is 2.92 bits per heavy atom. The van der Waals surface area contributed by atoms with Crippen molar-refractivity contribution in [1.29, 1.82) is 0 Å². The van der Waals surface area contributed by atoms with Crippen LogP contribution in [0.1, 0.15) is 28.9 Å². The van der Waals surface area contributed by atoms with E-state index in [1.807, 2.05) is 30.3 Å². The van der Waals surface area contributed by atoms with E-state index < -0.39 is 5.97 Å². The zero-order chi connectivity index (χ0) is 16.9. The predicted octanol–water partition coefficient (Wildman–Crippen LogP) is 2.16. The van der Waals surface area contributed by atoms with Gasteiger partial charge in [-0.05, 0) is 12.5 Å². The summed E-state index contributed by atoms with van der Waals surface area (Å²) in [4.78, 5) is 16.5. The molecule has 7 nitrogen and oxygen atoms in total. The number of aromatic nitrogens is 3. The SMILES string of the molecule is CCOC(=O)c1ncn2nc(NCC(CO)c3ccccc3)sc12. The summed E-state index contributed by atoms with van der Waals surface area (Å²) in [6.07, 6.45) is 1.49. The smallest absolute Gasteiger partial charge is 0.360 e.